The molecule has 11 nitrogen and oxygen atoms in total. The summed E-state index contributed by atoms with van der Waals surface area (Å²) >= 11 is 2.26. The molecule has 1 aliphatic rings. The Morgan fingerprint density at radius 3 is 2.81 bits per heavy atom. The van der Waals surface area contributed by atoms with Gasteiger partial charge in [0.15, 0.2) is 15.8 Å². The number of hydrogen-bond donors (Lipinski definition) is 2. The lowest BCUT2D eigenvalue weighted by atomic mass is 10.1. The summed E-state index contributed by atoms with van der Waals surface area (Å²) in [5.74, 6) is 0.502. The molecule has 0 saturated heterocycles. The van der Waals surface area contributed by atoms with Gasteiger partial charge in [0.25, 0.3) is 11.6 Å². The van der Waals surface area contributed by atoms with Gasteiger partial charge in [-0.3, -0.25) is 25.0 Å². The third-order valence-corrected chi connectivity index (χ3v) is 6.33. The van der Waals surface area contributed by atoms with Gasteiger partial charge < -0.3 is 14.8 Å². The number of nitro benzene ring substituents is 1. The highest BCUT2D eigenvalue weighted by Crippen LogP contribution is 2.34. The molecule has 1 aliphatic heterocycles. The molecule has 2 amide bonds. The topological polar surface area (TPSA) is 146 Å². The number of hydrogen-bond acceptors (Lipinski definition) is 10. The zero-order valence-electron chi connectivity index (χ0n) is 16.5. The summed E-state index contributed by atoms with van der Waals surface area (Å²) in [5, 5.41) is 24.5. The third-order valence-electron chi connectivity index (χ3n) is 4.36. The van der Waals surface area contributed by atoms with Gasteiger partial charge in [-0.05, 0) is 25.1 Å². The number of thioether (sulfide) groups is 1. The SMILES string of the molecule is Cc1c(C(=O)Nc2nnc(SCC(=O)Nc3ccc4c(c3)OCO4)s2)cccc1[N+](=O)[O-]. The number of nitrogens with zero attached hydrogens (tertiary/aromatic N) is 3. The molecule has 13 heteroatoms. The van der Waals surface area contributed by atoms with Gasteiger partial charge >= 0.3 is 0 Å². The van der Waals surface area contributed by atoms with Gasteiger partial charge in [0.1, 0.15) is 0 Å². The number of ether oxygens (including phenoxy) is 2. The molecule has 0 saturated carbocycles. The van der Waals surface area contributed by atoms with Crippen LogP contribution in [0.25, 0.3) is 0 Å². The predicted molar refractivity (Wildman–Crippen MR) is 118 cm³/mol. The minimum atomic E-state index is -0.541. The lowest BCUT2D eigenvalue weighted by molar-refractivity contribution is -0.385. The molecule has 0 atom stereocenters. The van der Waals surface area contributed by atoms with Crippen molar-refractivity contribution >= 4 is 51.4 Å². The summed E-state index contributed by atoms with van der Waals surface area (Å²) in [5.41, 5.74) is 0.873. The second kappa shape index (κ2) is 9.20. The number of benzene rings is 2. The molecule has 2 N–H and O–H groups in total. The van der Waals surface area contributed by atoms with Gasteiger partial charge in [-0.2, -0.15) is 0 Å². The van der Waals surface area contributed by atoms with Crippen LogP contribution in [0.4, 0.5) is 16.5 Å². The van der Waals surface area contributed by atoms with Crippen molar-refractivity contribution in [2.75, 3.05) is 23.2 Å². The Bertz CT molecular complexity index is 1210. The van der Waals surface area contributed by atoms with Crippen LogP contribution in [0, 0.1) is 17.0 Å². The summed E-state index contributed by atoms with van der Waals surface area (Å²) in [6.07, 6.45) is 0. The molecule has 2 heterocycles. The van der Waals surface area contributed by atoms with Crippen molar-refractivity contribution in [1.29, 1.82) is 0 Å². The molecule has 0 spiro atoms. The summed E-state index contributed by atoms with van der Waals surface area (Å²) < 4.78 is 11.0. The molecule has 4 rings (SSSR count). The Morgan fingerprint density at radius 2 is 2.00 bits per heavy atom. The monoisotopic (exact) mass is 473 g/mol. The van der Waals surface area contributed by atoms with Crippen molar-refractivity contribution in [2.45, 2.75) is 11.3 Å². The van der Waals surface area contributed by atoms with Crippen molar-refractivity contribution < 1.29 is 24.0 Å². The Hall–Kier alpha value is -3.71. The molecule has 164 valence electrons. The van der Waals surface area contributed by atoms with Crippen LogP contribution in [0.3, 0.4) is 0 Å². The molecule has 1 aromatic heterocycles. The minimum Gasteiger partial charge on any atom is -0.454 e. The largest absolute Gasteiger partial charge is 0.454 e. The Balaban J connectivity index is 1.32. The van der Waals surface area contributed by atoms with E-state index in [1.54, 1.807) is 18.2 Å². The highest BCUT2D eigenvalue weighted by molar-refractivity contribution is 8.01. The molecule has 3 aromatic rings. The predicted octanol–water partition coefficient (Wildman–Crippen LogP) is 3.47. The minimum absolute atomic E-state index is 0.0843. The quantitative estimate of drug-likeness (QED) is 0.228. The zero-order valence-corrected chi connectivity index (χ0v) is 18.1. The first-order valence-electron chi connectivity index (χ1n) is 9.12. The Kier molecular flexibility index (Phi) is 6.18. The molecule has 0 bridgehead atoms. The van der Waals surface area contributed by atoms with Crippen molar-refractivity contribution in [3.05, 3.63) is 57.6 Å². The van der Waals surface area contributed by atoms with Gasteiger partial charge in [0, 0.05) is 28.9 Å². The molecule has 0 unspecified atom stereocenters. The average molecular weight is 473 g/mol. The van der Waals surface area contributed by atoms with E-state index in [2.05, 4.69) is 20.8 Å². The number of anilines is 2. The van der Waals surface area contributed by atoms with Crippen LogP contribution >= 0.6 is 23.1 Å². The first-order valence-corrected chi connectivity index (χ1v) is 10.9. The van der Waals surface area contributed by atoms with Crippen LogP contribution in [0.15, 0.2) is 40.7 Å². The number of carbonyl (C=O) groups excluding carboxylic acids is 2. The van der Waals surface area contributed by atoms with Crippen molar-refractivity contribution in [3.8, 4) is 11.5 Å². The van der Waals surface area contributed by atoms with Crippen LogP contribution in [0.2, 0.25) is 0 Å². The summed E-state index contributed by atoms with van der Waals surface area (Å²) in [4.78, 5) is 35.2. The lowest BCUT2D eigenvalue weighted by Crippen LogP contribution is -2.14. The van der Waals surface area contributed by atoms with E-state index in [-0.39, 0.29) is 40.4 Å². The molecule has 0 fully saturated rings. The maximum atomic E-state index is 12.5. The summed E-state index contributed by atoms with van der Waals surface area (Å²) in [6.45, 7) is 1.66. The smallest absolute Gasteiger partial charge is 0.273 e. The van der Waals surface area contributed by atoms with Crippen LogP contribution in [0.5, 0.6) is 11.5 Å². The van der Waals surface area contributed by atoms with E-state index in [1.807, 2.05) is 0 Å². The van der Waals surface area contributed by atoms with Gasteiger partial charge in [-0.15, -0.1) is 10.2 Å². The maximum Gasteiger partial charge on any atom is 0.273 e. The van der Waals surface area contributed by atoms with Crippen molar-refractivity contribution in [1.82, 2.24) is 10.2 Å². The maximum absolute atomic E-state index is 12.5. The van der Waals surface area contributed by atoms with Gasteiger partial charge in [0.2, 0.25) is 17.8 Å². The van der Waals surface area contributed by atoms with E-state index >= 15 is 0 Å². The van der Waals surface area contributed by atoms with Crippen molar-refractivity contribution in [2.24, 2.45) is 0 Å². The highest BCUT2D eigenvalue weighted by Gasteiger charge is 2.19. The molecular weight excluding hydrogens is 458 g/mol. The first-order chi connectivity index (χ1) is 15.4. The molecule has 0 radical (unpaired) electrons. The fourth-order valence-electron chi connectivity index (χ4n) is 2.85. The number of nitro groups is 1. The summed E-state index contributed by atoms with van der Waals surface area (Å²) in [7, 11) is 0. The number of amides is 2. The van der Waals surface area contributed by atoms with Crippen LogP contribution in [-0.2, 0) is 4.79 Å². The van der Waals surface area contributed by atoms with Crippen LogP contribution < -0.4 is 20.1 Å². The van der Waals surface area contributed by atoms with E-state index in [0.29, 0.717) is 21.5 Å². The second-order valence-electron chi connectivity index (χ2n) is 6.44. The van der Waals surface area contributed by atoms with E-state index in [0.717, 1.165) is 23.1 Å². The Morgan fingerprint density at radius 1 is 1.19 bits per heavy atom. The van der Waals surface area contributed by atoms with Crippen LogP contribution in [0.1, 0.15) is 15.9 Å². The number of nitrogens with one attached hydrogen (secondary N) is 2. The third kappa shape index (κ3) is 4.78. The Labute approximate surface area is 189 Å². The molecule has 32 heavy (non-hydrogen) atoms. The average Bonchev–Trinajstić information content (AvgIpc) is 3.41. The van der Waals surface area contributed by atoms with Gasteiger partial charge in [0.05, 0.1) is 10.7 Å². The fourth-order valence-corrected chi connectivity index (χ4v) is 4.40. The van der Waals surface area contributed by atoms with E-state index in [4.69, 9.17) is 9.47 Å². The van der Waals surface area contributed by atoms with Crippen molar-refractivity contribution in [3.63, 3.8) is 0 Å². The van der Waals surface area contributed by atoms with Gasteiger partial charge in [-0.25, -0.2) is 0 Å². The van der Waals surface area contributed by atoms with Crippen LogP contribution in [-0.4, -0.2) is 39.5 Å². The van der Waals surface area contributed by atoms with E-state index in [1.165, 1.54) is 25.1 Å². The second-order valence-corrected chi connectivity index (χ2v) is 8.64. The molecule has 0 aliphatic carbocycles. The molecule has 2 aromatic carbocycles. The number of carbonyl (C=O) groups is 2. The van der Waals surface area contributed by atoms with E-state index < -0.39 is 10.8 Å². The van der Waals surface area contributed by atoms with E-state index in [9.17, 15) is 19.7 Å². The number of fused-ring (bicyclic) bond motifs is 1. The normalized spacial score (nSPS) is 11.8. The molecular formula is C19H15N5O6S2. The lowest BCUT2D eigenvalue weighted by Gasteiger charge is -2.05. The standard InChI is InChI=1S/C19H15N5O6S2/c1-10-12(3-2-4-13(10)24(27)28)17(26)21-18-22-23-19(32-18)31-8-16(25)20-11-5-6-14-15(7-11)30-9-29-14/h2-7H,8-9H2,1H3,(H,20,25)(H,21,22,26). The number of aromatic nitrogens is 2. The first kappa shape index (κ1) is 21.5. The highest BCUT2D eigenvalue weighted by atomic mass is 32.2. The van der Waals surface area contributed by atoms with Gasteiger partial charge in [-0.1, -0.05) is 29.2 Å². The number of rotatable bonds is 7. The zero-order chi connectivity index (χ0) is 22.7. The fraction of sp³-hybridized carbons (Fsp3) is 0.158. The summed E-state index contributed by atoms with van der Waals surface area (Å²) in [6, 6.07) is 9.38.